The van der Waals surface area contributed by atoms with Crippen LogP contribution in [0.5, 0.6) is 0 Å². The average Bonchev–Trinajstić information content (AvgIpc) is 3.02. The molecule has 0 fully saturated rings. The van der Waals surface area contributed by atoms with Crippen LogP contribution in [-0.2, 0) is 16.0 Å². The molecule has 6 heteroatoms. The molecule has 1 aromatic heterocycles. The van der Waals surface area contributed by atoms with Crippen LogP contribution in [0.4, 0.5) is 5.69 Å². The summed E-state index contributed by atoms with van der Waals surface area (Å²) in [4.78, 5) is 25.3. The number of hydrogen-bond donors (Lipinski definition) is 2. The van der Waals surface area contributed by atoms with Crippen molar-refractivity contribution in [1.82, 2.24) is 10.2 Å². The van der Waals surface area contributed by atoms with Gasteiger partial charge in [-0.1, -0.05) is 12.1 Å². The topological polar surface area (TPSA) is 61.4 Å². The van der Waals surface area contributed by atoms with Crippen molar-refractivity contribution in [3.8, 4) is 0 Å². The number of rotatable bonds is 7. The molecule has 2 rings (SSSR count). The molecule has 0 spiro atoms. The van der Waals surface area contributed by atoms with Gasteiger partial charge in [0.1, 0.15) is 0 Å². The quantitative estimate of drug-likeness (QED) is 0.811. The van der Waals surface area contributed by atoms with Gasteiger partial charge < -0.3 is 15.5 Å². The van der Waals surface area contributed by atoms with Gasteiger partial charge in [-0.15, -0.1) is 0 Å². The first kappa shape index (κ1) is 18.2. The average molecular weight is 345 g/mol. The maximum absolute atomic E-state index is 12.2. The molecular formula is C18H23N3O2S. The third-order valence-corrected chi connectivity index (χ3v) is 4.38. The molecule has 2 aromatic rings. The number of likely N-dealkylation sites (N-methyl/N-ethyl adjacent to an activating group) is 1. The highest BCUT2D eigenvalue weighted by Crippen LogP contribution is 2.20. The zero-order valence-electron chi connectivity index (χ0n) is 14.2. The second-order valence-corrected chi connectivity index (χ2v) is 6.68. The fourth-order valence-corrected chi connectivity index (χ4v) is 3.14. The lowest BCUT2D eigenvalue weighted by molar-refractivity contribution is -0.120. The van der Waals surface area contributed by atoms with Gasteiger partial charge >= 0.3 is 0 Å². The SMILES string of the molecule is CC(=O)Nc1ccc(CC(=O)NC[C@@H](c2ccsc2)N(C)C)cc1. The number of anilines is 1. The Kier molecular flexibility index (Phi) is 6.52. The lowest BCUT2D eigenvalue weighted by Gasteiger charge is -2.24. The number of benzene rings is 1. The van der Waals surface area contributed by atoms with E-state index >= 15 is 0 Å². The molecule has 0 unspecified atom stereocenters. The summed E-state index contributed by atoms with van der Waals surface area (Å²) in [6.07, 6.45) is 0.324. The molecule has 0 saturated heterocycles. The van der Waals surface area contributed by atoms with Gasteiger partial charge in [-0.2, -0.15) is 11.3 Å². The van der Waals surface area contributed by atoms with Gasteiger partial charge in [0, 0.05) is 19.2 Å². The lowest BCUT2D eigenvalue weighted by Crippen LogP contribution is -2.35. The largest absolute Gasteiger partial charge is 0.354 e. The van der Waals surface area contributed by atoms with Crippen molar-refractivity contribution in [2.24, 2.45) is 0 Å². The van der Waals surface area contributed by atoms with Crippen LogP contribution in [-0.4, -0.2) is 37.4 Å². The van der Waals surface area contributed by atoms with Gasteiger partial charge in [0.05, 0.1) is 12.5 Å². The molecule has 1 aromatic carbocycles. The minimum Gasteiger partial charge on any atom is -0.354 e. The first-order valence-electron chi connectivity index (χ1n) is 7.77. The highest BCUT2D eigenvalue weighted by atomic mass is 32.1. The van der Waals surface area contributed by atoms with E-state index in [9.17, 15) is 9.59 Å². The molecule has 1 heterocycles. The van der Waals surface area contributed by atoms with Crippen molar-refractivity contribution in [3.05, 3.63) is 52.2 Å². The number of amides is 2. The Hall–Kier alpha value is -2.18. The van der Waals surface area contributed by atoms with Crippen molar-refractivity contribution in [1.29, 1.82) is 0 Å². The highest BCUT2D eigenvalue weighted by molar-refractivity contribution is 7.07. The van der Waals surface area contributed by atoms with E-state index in [4.69, 9.17) is 0 Å². The van der Waals surface area contributed by atoms with Crippen LogP contribution in [0.15, 0.2) is 41.1 Å². The summed E-state index contributed by atoms with van der Waals surface area (Å²) in [7, 11) is 4.02. The van der Waals surface area contributed by atoms with E-state index in [0.29, 0.717) is 13.0 Å². The fraction of sp³-hybridized carbons (Fsp3) is 0.333. The van der Waals surface area contributed by atoms with Crippen molar-refractivity contribution in [3.63, 3.8) is 0 Å². The molecule has 0 saturated carbocycles. The number of nitrogens with zero attached hydrogens (tertiary/aromatic N) is 1. The molecule has 1 atom stereocenters. The van der Waals surface area contributed by atoms with E-state index in [2.05, 4.69) is 27.0 Å². The van der Waals surface area contributed by atoms with E-state index in [1.807, 2.05) is 31.6 Å². The molecule has 0 bridgehead atoms. The maximum Gasteiger partial charge on any atom is 0.224 e. The van der Waals surface area contributed by atoms with Gasteiger partial charge in [-0.05, 0) is 54.2 Å². The summed E-state index contributed by atoms with van der Waals surface area (Å²) in [5.74, 6) is -0.118. The normalized spacial score (nSPS) is 12.0. The van der Waals surface area contributed by atoms with Gasteiger partial charge in [-0.25, -0.2) is 0 Å². The summed E-state index contributed by atoms with van der Waals surface area (Å²) < 4.78 is 0. The second kappa shape index (κ2) is 8.61. The third-order valence-electron chi connectivity index (χ3n) is 3.68. The maximum atomic E-state index is 12.2. The summed E-state index contributed by atoms with van der Waals surface area (Å²) in [5, 5.41) is 9.87. The predicted octanol–water partition coefficient (Wildman–Crippen LogP) is 2.67. The van der Waals surface area contributed by atoms with Crippen molar-refractivity contribution < 1.29 is 9.59 Å². The van der Waals surface area contributed by atoms with Crippen LogP contribution < -0.4 is 10.6 Å². The molecule has 0 aliphatic rings. The zero-order valence-corrected chi connectivity index (χ0v) is 15.0. The molecular weight excluding hydrogens is 322 g/mol. The molecule has 2 amide bonds. The third kappa shape index (κ3) is 5.47. The predicted molar refractivity (Wildman–Crippen MR) is 98.2 cm³/mol. The van der Waals surface area contributed by atoms with E-state index in [-0.39, 0.29) is 17.9 Å². The molecule has 5 nitrogen and oxygen atoms in total. The Morgan fingerprint density at radius 1 is 1.17 bits per heavy atom. The number of carbonyl (C=O) groups excluding carboxylic acids is 2. The Morgan fingerprint density at radius 3 is 2.42 bits per heavy atom. The summed E-state index contributed by atoms with van der Waals surface area (Å²) >= 11 is 1.66. The van der Waals surface area contributed by atoms with Crippen LogP contribution in [0.3, 0.4) is 0 Å². The minimum absolute atomic E-state index is 0.00985. The van der Waals surface area contributed by atoms with Crippen molar-refractivity contribution in [2.75, 3.05) is 26.0 Å². The van der Waals surface area contributed by atoms with Gasteiger partial charge in [-0.3, -0.25) is 9.59 Å². The first-order valence-corrected chi connectivity index (χ1v) is 8.71. The van der Waals surface area contributed by atoms with Crippen LogP contribution in [0.1, 0.15) is 24.1 Å². The van der Waals surface area contributed by atoms with Crippen LogP contribution in [0, 0.1) is 0 Å². The monoisotopic (exact) mass is 345 g/mol. The smallest absolute Gasteiger partial charge is 0.224 e. The molecule has 128 valence electrons. The van der Waals surface area contributed by atoms with E-state index in [1.54, 1.807) is 23.5 Å². The van der Waals surface area contributed by atoms with Crippen LogP contribution in [0.2, 0.25) is 0 Å². The molecule has 0 radical (unpaired) electrons. The fourth-order valence-electron chi connectivity index (χ4n) is 2.43. The molecule has 0 aliphatic heterocycles. The van der Waals surface area contributed by atoms with Gasteiger partial charge in [0.15, 0.2) is 0 Å². The molecule has 2 N–H and O–H groups in total. The molecule has 24 heavy (non-hydrogen) atoms. The first-order chi connectivity index (χ1) is 11.5. The second-order valence-electron chi connectivity index (χ2n) is 5.90. The summed E-state index contributed by atoms with van der Waals surface area (Å²) in [6, 6.07) is 9.57. The van der Waals surface area contributed by atoms with E-state index < -0.39 is 0 Å². The number of nitrogens with one attached hydrogen (secondary N) is 2. The van der Waals surface area contributed by atoms with Gasteiger partial charge in [0.2, 0.25) is 11.8 Å². The highest BCUT2D eigenvalue weighted by Gasteiger charge is 2.15. The Labute approximate surface area is 146 Å². The Morgan fingerprint density at radius 2 is 1.88 bits per heavy atom. The Balaban J connectivity index is 1.87. The van der Waals surface area contributed by atoms with Crippen LogP contribution in [0.25, 0.3) is 0 Å². The summed E-state index contributed by atoms with van der Waals surface area (Å²) in [6.45, 7) is 2.04. The van der Waals surface area contributed by atoms with E-state index in [1.165, 1.54) is 12.5 Å². The number of thiophene rings is 1. The summed E-state index contributed by atoms with van der Waals surface area (Å²) in [5.41, 5.74) is 2.86. The Bertz CT molecular complexity index is 666. The van der Waals surface area contributed by atoms with Crippen molar-refractivity contribution >= 4 is 28.8 Å². The number of hydrogen-bond acceptors (Lipinski definition) is 4. The van der Waals surface area contributed by atoms with Crippen LogP contribution >= 0.6 is 11.3 Å². The lowest BCUT2D eigenvalue weighted by atomic mass is 10.1. The standard InChI is InChI=1S/C18H23N3O2S/c1-13(22)20-16-6-4-14(5-7-16)10-18(23)19-11-17(21(2)3)15-8-9-24-12-15/h4-9,12,17H,10-11H2,1-3H3,(H,19,23)(H,20,22)/t17-/m0/s1. The van der Waals surface area contributed by atoms with Crippen molar-refractivity contribution in [2.45, 2.75) is 19.4 Å². The zero-order chi connectivity index (χ0) is 17.5. The molecule has 0 aliphatic carbocycles. The van der Waals surface area contributed by atoms with Gasteiger partial charge in [0.25, 0.3) is 0 Å². The number of carbonyl (C=O) groups is 2. The minimum atomic E-state index is -0.108. The van der Waals surface area contributed by atoms with E-state index in [0.717, 1.165) is 11.3 Å².